The number of carboxylic acid groups (broad SMARTS) is 2. The lowest BCUT2D eigenvalue weighted by atomic mass is 9.85. The first-order chi connectivity index (χ1) is 17.9. The van der Waals surface area contributed by atoms with Crippen LogP contribution in [0.3, 0.4) is 0 Å². The summed E-state index contributed by atoms with van der Waals surface area (Å²) in [6, 6.07) is 14.5. The second kappa shape index (κ2) is 12.2. The number of benzene rings is 1. The molecule has 0 aliphatic carbocycles. The molecule has 2 aromatic rings. The average Bonchev–Trinajstić information content (AvgIpc) is 3.42. The van der Waals surface area contributed by atoms with Crippen LogP contribution in [0.5, 0.6) is 0 Å². The maximum atomic E-state index is 12.3. The molecular formula is C23H25F6N3O6S. The molecule has 1 fully saturated rings. The van der Waals surface area contributed by atoms with Gasteiger partial charge in [-0.15, -0.1) is 0 Å². The van der Waals surface area contributed by atoms with Crippen LogP contribution in [0.1, 0.15) is 24.6 Å². The second-order valence-corrected chi connectivity index (χ2v) is 10.8. The Morgan fingerprint density at radius 1 is 0.949 bits per heavy atom. The number of pyridine rings is 1. The average molecular weight is 586 g/mol. The number of aromatic nitrogens is 1. The number of fused-ring (bicyclic) bond motifs is 2. The van der Waals surface area contributed by atoms with Crippen molar-refractivity contribution in [2.75, 3.05) is 30.3 Å². The Balaban J connectivity index is 0.000000317. The van der Waals surface area contributed by atoms with Gasteiger partial charge in [-0.1, -0.05) is 30.3 Å². The van der Waals surface area contributed by atoms with Crippen LogP contribution < -0.4 is 4.90 Å². The molecule has 16 heteroatoms. The molecule has 0 amide bonds. The van der Waals surface area contributed by atoms with Crippen LogP contribution in [0.15, 0.2) is 48.7 Å². The number of rotatable bonds is 4. The molecule has 3 heterocycles. The SMILES string of the molecule is CCS(=O)(=O)N1CCC2(CN(Cc3ccccc3)c3cccnc32)C1.O=C(O)C(F)(F)F.O=C(O)C(F)(F)F. The van der Waals surface area contributed by atoms with Gasteiger partial charge in [0.15, 0.2) is 0 Å². The maximum Gasteiger partial charge on any atom is 0.490 e. The number of nitrogens with zero attached hydrogens (tertiary/aromatic N) is 3. The van der Waals surface area contributed by atoms with E-state index in [0.29, 0.717) is 13.1 Å². The summed E-state index contributed by atoms with van der Waals surface area (Å²) in [6.07, 6.45) is -7.51. The highest BCUT2D eigenvalue weighted by molar-refractivity contribution is 7.89. The molecule has 1 atom stereocenters. The second-order valence-electron chi connectivity index (χ2n) is 8.58. The number of halogens is 6. The molecule has 4 rings (SSSR count). The Bertz CT molecular complexity index is 1230. The summed E-state index contributed by atoms with van der Waals surface area (Å²) in [6.45, 7) is 4.48. The van der Waals surface area contributed by atoms with Crippen LogP contribution in [-0.4, -0.2) is 77.6 Å². The molecule has 1 aromatic carbocycles. The Labute approximate surface area is 219 Å². The fraction of sp³-hybridized carbons (Fsp3) is 0.435. The molecule has 0 saturated carbocycles. The van der Waals surface area contributed by atoms with Gasteiger partial charge in [0.1, 0.15) is 0 Å². The van der Waals surface area contributed by atoms with E-state index >= 15 is 0 Å². The number of aliphatic carboxylic acids is 2. The van der Waals surface area contributed by atoms with E-state index < -0.39 is 34.3 Å². The molecule has 9 nitrogen and oxygen atoms in total. The molecule has 0 bridgehead atoms. The highest BCUT2D eigenvalue weighted by Crippen LogP contribution is 2.46. The zero-order valence-corrected chi connectivity index (χ0v) is 21.2. The summed E-state index contributed by atoms with van der Waals surface area (Å²) >= 11 is 0. The summed E-state index contributed by atoms with van der Waals surface area (Å²) in [4.78, 5) is 24.8. The van der Waals surface area contributed by atoms with Crippen molar-refractivity contribution in [1.29, 1.82) is 0 Å². The zero-order chi connectivity index (χ0) is 29.6. The van der Waals surface area contributed by atoms with E-state index in [1.165, 1.54) is 5.56 Å². The van der Waals surface area contributed by atoms with Crippen molar-refractivity contribution in [3.63, 3.8) is 0 Å². The van der Waals surface area contributed by atoms with E-state index in [9.17, 15) is 34.8 Å². The summed E-state index contributed by atoms with van der Waals surface area (Å²) in [5.41, 5.74) is 3.26. The van der Waals surface area contributed by atoms with E-state index in [0.717, 1.165) is 30.9 Å². The minimum absolute atomic E-state index is 0.159. The predicted molar refractivity (Wildman–Crippen MR) is 126 cm³/mol. The van der Waals surface area contributed by atoms with Crippen LogP contribution in [0.25, 0.3) is 0 Å². The summed E-state index contributed by atoms with van der Waals surface area (Å²) < 4.78 is 89.8. The molecule has 0 radical (unpaired) electrons. The van der Waals surface area contributed by atoms with Gasteiger partial charge < -0.3 is 15.1 Å². The topological polar surface area (TPSA) is 128 Å². The first-order valence-electron chi connectivity index (χ1n) is 11.3. The van der Waals surface area contributed by atoms with Crippen molar-refractivity contribution in [1.82, 2.24) is 9.29 Å². The van der Waals surface area contributed by atoms with Crippen molar-refractivity contribution < 1.29 is 54.6 Å². The largest absolute Gasteiger partial charge is 0.490 e. The van der Waals surface area contributed by atoms with E-state index in [1.54, 1.807) is 11.2 Å². The summed E-state index contributed by atoms with van der Waals surface area (Å²) in [5, 5.41) is 14.2. The van der Waals surface area contributed by atoms with Crippen LogP contribution in [-0.2, 0) is 31.6 Å². The van der Waals surface area contributed by atoms with Gasteiger partial charge in [-0.3, -0.25) is 4.98 Å². The molecule has 39 heavy (non-hydrogen) atoms. The highest BCUT2D eigenvalue weighted by atomic mass is 32.2. The van der Waals surface area contributed by atoms with E-state index in [-0.39, 0.29) is 11.2 Å². The van der Waals surface area contributed by atoms with Gasteiger partial charge >= 0.3 is 24.3 Å². The molecule has 2 aliphatic heterocycles. The summed E-state index contributed by atoms with van der Waals surface area (Å²) in [5.74, 6) is -5.36. The Morgan fingerprint density at radius 2 is 1.49 bits per heavy atom. The monoisotopic (exact) mass is 585 g/mol. The van der Waals surface area contributed by atoms with Crippen molar-refractivity contribution in [3.05, 3.63) is 59.9 Å². The van der Waals surface area contributed by atoms with Gasteiger partial charge in [-0.05, 0) is 31.0 Å². The Hall–Kier alpha value is -3.40. The third-order valence-corrected chi connectivity index (χ3v) is 7.73. The molecule has 2 N–H and O–H groups in total. The Kier molecular flexibility index (Phi) is 9.95. The van der Waals surface area contributed by atoms with Crippen molar-refractivity contribution in [3.8, 4) is 0 Å². The number of alkyl halides is 6. The summed E-state index contributed by atoms with van der Waals surface area (Å²) in [7, 11) is -3.15. The van der Waals surface area contributed by atoms with E-state index in [1.807, 2.05) is 18.3 Å². The van der Waals surface area contributed by atoms with Crippen molar-refractivity contribution in [2.24, 2.45) is 0 Å². The van der Waals surface area contributed by atoms with Gasteiger partial charge in [0, 0.05) is 37.8 Å². The maximum absolute atomic E-state index is 12.3. The van der Waals surface area contributed by atoms with Gasteiger partial charge in [0.25, 0.3) is 0 Å². The van der Waals surface area contributed by atoms with Crippen LogP contribution in [0.2, 0.25) is 0 Å². The fourth-order valence-corrected chi connectivity index (χ4v) is 5.29. The number of hydrogen-bond donors (Lipinski definition) is 2. The van der Waals surface area contributed by atoms with Crippen LogP contribution in [0.4, 0.5) is 32.0 Å². The normalized spacial score (nSPS) is 19.0. The first-order valence-corrected chi connectivity index (χ1v) is 12.9. The molecule has 1 aromatic heterocycles. The van der Waals surface area contributed by atoms with E-state index in [2.05, 4.69) is 40.2 Å². The molecule has 2 aliphatic rings. The van der Waals surface area contributed by atoms with Gasteiger partial charge in [-0.2, -0.15) is 26.3 Å². The number of sulfonamides is 1. The lowest BCUT2D eigenvalue weighted by molar-refractivity contribution is -0.193. The van der Waals surface area contributed by atoms with Crippen molar-refractivity contribution in [2.45, 2.75) is 37.7 Å². The van der Waals surface area contributed by atoms with E-state index in [4.69, 9.17) is 19.8 Å². The molecular weight excluding hydrogens is 560 g/mol. The number of hydrogen-bond acceptors (Lipinski definition) is 6. The molecule has 216 valence electrons. The molecule has 1 saturated heterocycles. The lowest BCUT2D eigenvalue weighted by Gasteiger charge is -2.25. The van der Waals surface area contributed by atoms with Crippen LogP contribution >= 0.6 is 0 Å². The van der Waals surface area contributed by atoms with Crippen LogP contribution in [0, 0.1) is 0 Å². The Morgan fingerprint density at radius 3 is 1.97 bits per heavy atom. The standard InChI is InChI=1S/C19H23N3O2S.2C2HF3O2/c1-2-25(23,24)22-12-10-19(15-22)14-21(13-16-7-4-3-5-8-16)17-9-6-11-20-18(17)19;2*3-2(4,5)1(6)7/h3-9,11H,2,10,12-15H2,1H3;2*(H,6,7). The van der Waals surface area contributed by atoms with Gasteiger partial charge in [-0.25, -0.2) is 22.3 Å². The highest BCUT2D eigenvalue weighted by Gasteiger charge is 2.50. The quantitative estimate of drug-likeness (QED) is 0.521. The molecule has 1 spiro atoms. The van der Waals surface area contributed by atoms with Gasteiger partial charge in [0.2, 0.25) is 10.0 Å². The first kappa shape index (κ1) is 31.8. The number of anilines is 1. The fourth-order valence-electron chi connectivity index (χ4n) is 4.11. The third kappa shape index (κ3) is 8.29. The number of carbonyl (C=O) groups is 2. The third-order valence-electron chi connectivity index (χ3n) is 5.90. The minimum Gasteiger partial charge on any atom is -0.475 e. The molecule has 1 unspecified atom stereocenters. The van der Waals surface area contributed by atoms with Crippen molar-refractivity contribution >= 4 is 27.6 Å². The minimum atomic E-state index is -5.08. The smallest absolute Gasteiger partial charge is 0.475 e. The zero-order valence-electron chi connectivity index (χ0n) is 20.4. The van der Waals surface area contributed by atoms with Gasteiger partial charge in [0.05, 0.1) is 17.1 Å². The lowest BCUT2D eigenvalue weighted by Crippen LogP contribution is -2.38. The predicted octanol–water partition coefficient (Wildman–Crippen LogP) is 3.66. The number of carboxylic acids is 2.